The largest absolute Gasteiger partial charge is 0.369 e. The zero-order chi connectivity index (χ0) is 13.2. The number of halogens is 1. The van der Waals surface area contributed by atoms with Crippen molar-refractivity contribution in [2.24, 2.45) is 0 Å². The minimum absolute atomic E-state index is 0.614. The van der Waals surface area contributed by atoms with Gasteiger partial charge in [0.25, 0.3) is 0 Å². The molecule has 0 atom stereocenters. The fraction of sp³-hybridized carbons (Fsp3) is 0.154. The Labute approximate surface area is 118 Å². The maximum atomic E-state index is 4.51. The smallest absolute Gasteiger partial charge is 0.181 e. The molecule has 3 heterocycles. The van der Waals surface area contributed by atoms with E-state index in [1.807, 2.05) is 41.9 Å². The Bertz CT molecular complexity index is 689. The summed E-state index contributed by atoms with van der Waals surface area (Å²) in [5.74, 6) is 1.40. The second-order valence-electron chi connectivity index (χ2n) is 4.01. The Morgan fingerprint density at radius 1 is 1.32 bits per heavy atom. The first-order chi connectivity index (χ1) is 9.28. The lowest BCUT2D eigenvalue weighted by molar-refractivity contribution is 1.10. The lowest BCUT2D eigenvalue weighted by Crippen LogP contribution is -2.02. The van der Waals surface area contributed by atoms with Crippen LogP contribution in [0.15, 0.2) is 41.3 Å². The Kier molecular flexibility index (Phi) is 3.16. The van der Waals surface area contributed by atoms with Gasteiger partial charge in [-0.3, -0.25) is 0 Å². The van der Waals surface area contributed by atoms with E-state index in [9.17, 15) is 0 Å². The zero-order valence-electron chi connectivity index (χ0n) is 10.3. The van der Waals surface area contributed by atoms with Crippen molar-refractivity contribution < 1.29 is 0 Å². The van der Waals surface area contributed by atoms with Crippen LogP contribution in [0.25, 0.3) is 17.2 Å². The highest BCUT2D eigenvalue weighted by atomic mass is 79.9. The normalized spacial score (nSPS) is 10.8. The number of pyridine rings is 1. The molecule has 1 N–H and O–H groups in total. The third-order valence-electron chi connectivity index (χ3n) is 2.68. The first-order valence-corrected chi connectivity index (χ1v) is 6.77. The molecule has 3 aromatic rings. The molecule has 96 valence electrons. The number of rotatable bonds is 3. The van der Waals surface area contributed by atoms with E-state index in [4.69, 9.17) is 0 Å². The molecule has 0 aliphatic rings. The molecule has 0 bridgehead atoms. The van der Waals surface area contributed by atoms with Crippen LogP contribution in [-0.4, -0.2) is 25.9 Å². The second-order valence-corrected chi connectivity index (χ2v) is 4.87. The van der Waals surface area contributed by atoms with Crippen LogP contribution >= 0.6 is 15.9 Å². The molecule has 0 saturated heterocycles. The number of hydrogen-bond acceptors (Lipinski definition) is 4. The van der Waals surface area contributed by atoms with Gasteiger partial charge in [0.05, 0.1) is 4.47 Å². The maximum Gasteiger partial charge on any atom is 0.181 e. The average Bonchev–Trinajstić information content (AvgIpc) is 2.85. The van der Waals surface area contributed by atoms with Crippen LogP contribution in [0.3, 0.4) is 0 Å². The standard InChI is InChI=1S/C13H12BrN5/c1-2-15-12-9(14)7-16-13(18-12)10-8-19-6-4-3-5-11(19)17-10/h3-8H,2H2,1H3,(H,15,16,18). The monoisotopic (exact) mass is 317 g/mol. The molecule has 6 heteroatoms. The minimum atomic E-state index is 0.614. The summed E-state index contributed by atoms with van der Waals surface area (Å²) in [6.45, 7) is 2.83. The van der Waals surface area contributed by atoms with Crippen LogP contribution in [-0.2, 0) is 0 Å². The van der Waals surface area contributed by atoms with E-state index in [0.29, 0.717) is 5.82 Å². The number of aromatic nitrogens is 4. The second kappa shape index (κ2) is 4.97. The van der Waals surface area contributed by atoms with Gasteiger partial charge in [-0.1, -0.05) is 6.07 Å². The predicted molar refractivity (Wildman–Crippen MR) is 78.1 cm³/mol. The Morgan fingerprint density at radius 2 is 2.21 bits per heavy atom. The molecule has 0 unspecified atom stereocenters. The highest BCUT2D eigenvalue weighted by Crippen LogP contribution is 2.22. The molecule has 0 spiro atoms. The third kappa shape index (κ3) is 2.31. The van der Waals surface area contributed by atoms with Gasteiger partial charge in [0, 0.05) is 25.1 Å². The number of imidazole rings is 1. The summed E-state index contributed by atoms with van der Waals surface area (Å²) in [5, 5.41) is 3.19. The highest BCUT2D eigenvalue weighted by molar-refractivity contribution is 9.10. The van der Waals surface area contributed by atoms with Gasteiger partial charge < -0.3 is 9.72 Å². The molecular formula is C13H12BrN5. The first-order valence-electron chi connectivity index (χ1n) is 5.98. The third-order valence-corrected chi connectivity index (χ3v) is 3.26. The van der Waals surface area contributed by atoms with Gasteiger partial charge in [0.15, 0.2) is 5.82 Å². The number of nitrogens with one attached hydrogen (secondary N) is 1. The molecule has 0 saturated carbocycles. The van der Waals surface area contributed by atoms with Crippen molar-refractivity contribution in [3.8, 4) is 11.5 Å². The molecule has 3 aromatic heterocycles. The molecule has 3 rings (SSSR count). The van der Waals surface area contributed by atoms with Gasteiger partial charge in [-0.2, -0.15) is 0 Å². The summed E-state index contributed by atoms with van der Waals surface area (Å²) in [6, 6.07) is 5.87. The summed E-state index contributed by atoms with van der Waals surface area (Å²) in [4.78, 5) is 13.3. The molecule has 5 nitrogen and oxygen atoms in total. The first kappa shape index (κ1) is 12.1. The fourth-order valence-corrected chi connectivity index (χ4v) is 2.16. The molecule has 0 aliphatic carbocycles. The van der Waals surface area contributed by atoms with Gasteiger partial charge in [-0.05, 0) is 35.0 Å². The lowest BCUT2D eigenvalue weighted by atomic mass is 10.4. The maximum absolute atomic E-state index is 4.51. The van der Waals surface area contributed by atoms with Crippen molar-refractivity contribution in [1.29, 1.82) is 0 Å². The van der Waals surface area contributed by atoms with E-state index in [1.165, 1.54) is 0 Å². The van der Waals surface area contributed by atoms with Gasteiger partial charge in [-0.25, -0.2) is 15.0 Å². The van der Waals surface area contributed by atoms with Crippen LogP contribution in [0.5, 0.6) is 0 Å². The minimum Gasteiger partial charge on any atom is -0.369 e. The molecular weight excluding hydrogens is 306 g/mol. The number of fused-ring (bicyclic) bond motifs is 1. The van der Waals surface area contributed by atoms with Crippen LogP contribution < -0.4 is 5.32 Å². The van der Waals surface area contributed by atoms with Gasteiger partial charge >= 0.3 is 0 Å². The van der Waals surface area contributed by atoms with Gasteiger partial charge in [-0.15, -0.1) is 0 Å². The number of anilines is 1. The van der Waals surface area contributed by atoms with Crippen LogP contribution in [0, 0.1) is 0 Å². The summed E-state index contributed by atoms with van der Waals surface area (Å²) in [7, 11) is 0. The van der Waals surface area contributed by atoms with Gasteiger partial charge in [0.1, 0.15) is 17.2 Å². The van der Waals surface area contributed by atoms with E-state index in [1.54, 1.807) is 6.20 Å². The van der Waals surface area contributed by atoms with Crippen LogP contribution in [0.1, 0.15) is 6.92 Å². The van der Waals surface area contributed by atoms with E-state index >= 15 is 0 Å². The van der Waals surface area contributed by atoms with E-state index in [-0.39, 0.29) is 0 Å². The predicted octanol–water partition coefficient (Wildman–Crippen LogP) is 2.99. The molecule has 0 aliphatic heterocycles. The van der Waals surface area contributed by atoms with E-state index in [0.717, 1.165) is 28.2 Å². The lowest BCUT2D eigenvalue weighted by Gasteiger charge is -2.05. The molecule has 0 amide bonds. The Hall–Kier alpha value is -1.95. The molecule has 0 fully saturated rings. The quantitative estimate of drug-likeness (QED) is 0.807. The van der Waals surface area contributed by atoms with Gasteiger partial charge in [0.2, 0.25) is 0 Å². The number of hydrogen-bond donors (Lipinski definition) is 1. The average molecular weight is 318 g/mol. The summed E-state index contributed by atoms with van der Waals surface area (Å²) < 4.78 is 2.80. The van der Waals surface area contributed by atoms with Crippen molar-refractivity contribution in [3.05, 3.63) is 41.3 Å². The molecule has 0 radical (unpaired) electrons. The summed E-state index contributed by atoms with van der Waals surface area (Å²) in [6.07, 6.45) is 5.62. The topological polar surface area (TPSA) is 55.1 Å². The molecule has 0 aromatic carbocycles. The highest BCUT2D eigenvalue weighted by Gasteiger charge is 2.09. The van der Waals surface area contributed by atoms with E-state index in [2.05, 4.69) is 36.2 Å². The van der Waals surface area contributed by atoms with Crippen molar-refractivity contribution in [1.82, 2.24) is 19.4 Å². The number of nitrogens with zero attached hydrogens (tertiary/aromatic N) is 4. The van der Waals surface area contributed by atoms with Crippen LogP contribution in [0.4, 0.5) is 5.82 Å². The molecule has 19 heavy (non-hydrogen) atoms. The fourth-order valence-electron chi connectivity index (χ4n) is 1.82. The summed E-state index contributed by atoms with van der Waals surface area (Å²) in [5.41, 5.74) is 1.65. The SMILES string of the molecule is CCNc1nc(-c2cn3ccccc3n2)ncc1Br. The van der Waals surface area contributed by atoms with Crippen molar-refractivity contribution >= 4 is 27.4 Å². The van der Waals surface area contributed by atoms with Crippen molar-refractivity contribution in [2.45, 2.75) is 6.92 Å². The van der Waals surface area contributed by atoms with Crippen molar-refractivity contribution in [2.75, 3.05) is 11.9 Å². The van der Waals surface area contributed by atoms with Crippen LogP contribution in [0.2, 0.25) is 0 Å². The Balaban J connectivity index is 2.08. The Morgan fingerprint density at radius 3 is 3.00 bits per heavy atom. The zero-order valence-corrected chi connectivity index (χ0v) is 11.9. The van der Waals surface area contributed by atoms with E-state index < -0.39 is 0 Å². The van der Waals surface area contributed by atoms with Crippen molar-refractivity contribution in [3.63, 3.8) is 0 Å². The summed E-state index contributed by atoms with van der Waals surface area (Å²) >= 11 is 3.43.